The van der Waals surface area contributed by atoms with Gasteiger partial charge in [0.25, 0.3) is 0 Å². The molecule has 0 spiro atoms. The third-order valence-corrected chi connectivity index (χ3v) is 12.1. The second-order valence-corrected chi connectivity index (χ2v) is 18.0. The van der Waals surface area contributed by atoms with E-state index in [1.807, 2.05) is 0 Å². The summed E-state index contributed by atoms with van der Waals surface area (Å²) in [5.74, 6) is -2.43. The number of carbonyl (C=O) groups excluding carboxylic acids is 2. The topological polar surface area (TPSA) is 169 Å². The number of aliphatic hydroxyl groups excluding tert-OH is 3. The second-order valence-electron chi connectivity index (χ2n) is 18.0. The molecule has 11 heteroatoms. The van der Waals surface area contributed by atoms with E-state index in [4.69, 9.17) is 18.9 Å². The van der Waals surface area contributed by atoms with E-state index in [-0.39, 0.29) is 26.1 Å². The van der Waals surface area contributed by atoms with Crippen molar-refractivity contribution in [3.63, 3.8) is 0 Å². The lowest BCUT2D eigenvalue weighted by molar-refractivity contribution is -0.298. The highest BCUT2D eigenvalue weighted by molar-refractivity contribution is 5.73. The van der Waals surface area contributed by atoms with Crippen LogP contribution in [0.5, 0.6) is 0 Å². The van der Waals surface area contributed by atoms with Crippen molar-refractivity contribution >= 4 is 17.9 Å². The van der Waals surface area contributed by atoms with Gasteiger partial charge >= 0.3 is 17.9 Å². The van der Waals surface area contributed by atoms with Gasteiger partial charge in [0.05, 0.1) is 6.61 Å². The predicted molar refractivity (Wildman–Crippen MR) is 252 cm³/mol. The summed E-state index contributed by atoms with van der Waals surface area (Å²) in [6.07, 6.45) is 39.4. The average Bonchev–Trinajstić information content (AvgIpc) is 3.27. The van der Waals surface area contributed by atoms with Crippen LogP contribution < -0.4 is 0 Å². The van der Waals surface area contributed by atoms with Crippen molar-refractivity contribution in [2.24, 2.45) is 0 Å². The Balaban J connectivity index is 2.26. The van der Waals surface area contributed by atoms with E-state index >= 15 is 0 Å². The first-order valence-corrected chi connectivity index (χ1v) is 25.9. The fraction of sp³-hybridized carbons (Fsp3) is 0.865. The number of aliphatic hydroxyl groups is 3. The van der Waals surface area contributed by atoms with Gasteiger partial charge in [0, 0.05) is 12.8 Å². The Labute approximate surface area is 383 Å². The quantitative estimate of drug-likeness (QED) is 0.0261. The third kappa shape index (κ3) is 33.8. The van der Waals surface area contributed by atoms with Gasteiger partial charge in [-0.05, 0) is 44.9 Å². The number of aliphatic carboxylic acids is 1. The van der Waals surface area contributed by atoms with Crippen molar-refractivity contribution in [3.05, 3.63) is 24.3 Å². The van der Waals surface area contributed by atoms with Gasteiger partial charge < -0.3 is 39.4 Å². The second kappa shape index (κ2) is 42.3. The minimum absolute atomic E-state index is 0.187. The number of hydrogen-bond acceptors (Lipinski definition) is 10. The maximum atomic E-state index is 12.8. The van der Waals surface area contributed by atoms with Gasteiger partial charge in [-0.25, -0.2) is 4.79 Å². The molecule has 0 aromatic carbocycles. The summed E-state index contributed by atoms with van der Waals surface area (Å²) < 4.78 is 21.8. The molecular weight excluding hydrogens is 801 g/mol. The molecule has 1 heterocycles. The lowest BCUT2D eigenvalue weighted by Gasteiger charge is -2.38. The van der Waals surface area contributed by atoms with Crippen molar-refractivity contribution in [1.29, 1.82) is 0 Å². The zero-order valence-corrected chi connectivity index (χ0v) is 40.1. The average molecular weight is 895 g/mol. The normalized spacial score (nSPS) is 19.5. The van der Waals surface area contributed by atoms with E-state index < -0.39 is 54.7 Å². The minimum atomic E-state index is -1.86. The molecule has 0 aromatic rings. The minimum Gasteiger partial charge on any atom is -0.479 e. The smallest absolute Gasteiger partial charge is 0.335 e. The van der Waals surface area contributed by atoms with Gasteiger partial charge in [0.1, 0.15) is 24.9 Å². The fourth-order valence-electron chi connectivity index (χ4n) is 7.97. The zero-order valence-electron chi connectivity index (χ0n) is 40.1. The molecule has 0 aliphatic carbocycles. The molecule has 0 amide bonds. The molecule has 11 nitrogen and oxygen atoms in total. The van der Waals surface area contributed by atoms with Crippen LogP contribution in [0.4, 0.5) is 0 Å². The summed E-state index contributed by atoms with van der Waals surface area (Å²) in [6, 6.07) is 0. The zero-order chi connectivity index (χ0) is 46.0. The molecule has 63 heavy (non-hydrogen) atoms. The van der Waals surface area contributed by atoms with Crippen molar-refractivity contribution in [2.75, 3.05) is 13.2 Å². The lowest BCUT2D eigenvalue weighted by Crippen LogP contribution is -2.60. The molecule has 1 saturated heterocycles. The number of carboxylic acid groups (broad SMARTS) is 1. The molecule has 0 aromatic heterocycles. The Hall–Kier alpha value is -2.31. The van der Waals surface area contributed by atoms with Crippen LogP contribution in [0.25, 0.3) is 0 Å². The van der Waals surface area contributed by atoms with Crippen molar-refractivity contribution in [1.82, 2.24) is 0 Å². The van der Waals surface area contributed by atoms with Crippen LogP contribution in [0.15, 0.2) is 24.3 Å². The molecule has 6 unspecified atom stereocenters. The monoisotopic (exact) mass is 895 g/mol. The van der Waals surface area contributed by atoms with Crippen LogP contribution >= 0.6 is 0 Å². The van der Waals surface area contributed by atoms with Gasteiger partial charge in [-0.2, -0.15) is 0 Å². The van der Waals surface area contributed by atoms with Crippen LogP contribution in [0, 0.1) is 0 Å². The molecule has 1 fully saturated rings. The van der Waals surface area contributed by atoms with E-state index in [0.717, 1.165) is 44.9 Å². The molecule has 1 aliphatic rings. The molecule has 0 bridgehead atoms. The SMILES string of the molecule is CCCCCCC/C=C\C/C=C\CCCCCCCCCCCCCC(=O)OCC(COC1OC(C(=O)O)C(O)C(O)C1O)OC(=O)CCCCCCCCCCCCCCCC. The molecule has 6 atom stereocenters. The van der Waals surface area contributed by atoms with Gasteiger partial charge in [0.15, 0.2) is 18.5 Å². The summed E-state index contributed by atoms with van der Waals surface area (Å²) in [4.78, 5) is 36.9. The van der Waals surface area contributed by atoms with Crippen LogP contribution in [0.2, 0.25) is 0 Å². The number of allylic oxidation sites excluding steroid dienone is 4. The number of hydrogen-bond donors (Lipinski definition) is 4. The molecule has 4 N–H and O–H groups in total. The summed E-state index contributed by atoms with van der Waals surface area (Å²) in [6.45, 7) is 3.83. The van der Waals surface area contributed by atoms with Crippen LogP contribution in [-0.4, -0.2) is 88.4 Å². The maximum Gasteiger partial charge on any atom is 0.335 e. The first-order chi connectivity index (χ1) is 30.7. The van der Waals surface area contributed by atoms with Crippen molar-refractivity contribution in [3.8, 4) is 0 Å². The highest BCUT2D eigenvalue weighted by atomic mass is 16.7. The molecular formula is C52H94O11. The first-order valence-electron chi connectivity index (χ1n) is 25.9. The van der Waals surface area contributed by atoms with Gasteiger partial charge in [-0.1, -0.05) is 205 Å². The Morgan fingerprint density at radius 2 is 0.889 bits per heavy atom. The standard InChI is InChI=1S/C52H94O11/c1-3-5-7-9-11-13-15-17-19-20-21-22-23-24-25-26-27-29-30-32-34-36-38-40-45(53)60-42-44(43-61-52-49(57)47(55)48(56)50(63-52)51(58)59)62-46(54)41-39-37-35-33-31-28-18-16-14-12-10-8-6-4-2/h15,17,20-21,44,47-50,52,55-57H,3-14,16,18-19,22-43H2,1-2H3,(H,58,59)/b17-15-,21-20-. The van der Waals surface area contributed by atoms with E-state index in [1.54, 1.807) is 0 Å². The van der Waals surface area contributed by atoms with Gasteiger partial charge in [0.2, 0.25) is 0 Å². The molecule has 0 radical (unpaired) electrons. The highest BCUT2D eigenvalue weighted by Gasteiger charge is 2.47. The summed E-state index contributed by atoms with van der Waals surface area (Å²) >= 11 is 0. The van der Waals surface area contributed by atoms with Crippen molar-refractivity contribution in [2.45, 2.75) is 275 Å². The predicted octanol–water partition coefficient (Wildman–Crippen LogP) is 12.2. The summed E-state index contributed by atoms with van der Waals surface area (Å²) in [5.41, 5.74) is 0. The van der Waals surface area contributed by atoms with E-state index in [9.17, 15) is 34.8 Å². The third-order valence-electron chi connectivity index (χ3n) is 12.1. The Kier molecular flexibility index (Phi) is 39.4. The first kappa shape index (κ1) is 58.7. The Morgan fingerprint density at radius 1 is 0.492 bits per heavy atom. The molecule has 0 saturated carbocycles. The van der Waals surface area contributed by atoms with Gasteiger partial charge in [-0.15, -0.1) is 0 Å². The highest BCUT2D eigenvalue weighted by Crippen LogP contribution is 2.23. The van der Waals surface area contributed by atoms with Gasteiger partial charge in [-0.3, -0.25) is 9.59 Å². The van der Waals surface area contributed by atoms with E-state index in [0.29, 0.717) is 12.8 Å². The molecule has 368 valence electrons. The lowest BCUT2D eigenvalue weighted by atomic mass is 9.99. The summed E-state index contributed by atoms with van der Waals surface area (Å²) in [7, 11) is 0. The number of rotatable bonds is 44. The van der Waals surface area contributed by atoms with Crippen LogP contribution in [-0.2, 0) is 33.3 Å². The number of unbranched alkanes of at least 4 members (excludes halogenated alkanes) is 29. The fourth-order valence-corrected chi connectivity index (χ4v) is 7.97. The van der Waals surface area contributed by atoms with E-state index in [2.05, 4.69) is 38.2 Å². The number of carboxylic acids is 1. The van der Waals surface area contributed by atoms with E-state index in [1.165, 1.54) is 154 Å². The number of ether oxygens (including phenoxy) is 4. The largest absolute Gasteiger partial charge is 0.479 e. The maximum absolute atomic E-state index is 12.8. The van der Waals surface area contributed by atoms with Crippen LogP contribution in [0.3, 0.4) is 0 Å². The number of esters is 2. The number of carbonyl (C=O) groups is 3. The van der Waals surface area contributed by atoms with Crippen LogP contribution in [0.1, 0.15) is 239 Å². The summed E-state index contributed by atoms with van der Waals surface area (Å²) in [5, 5.41) is 39.9. The Bertz CT molecular complexity index is 1140. The van der Waals surface area contributed by atoms with Crippen molar-refractivity contribution < 1.29 is 53.8 Å². The Morgan fingerprint density at radius 3 is 1.32 bits per heavy atom. The molecule has 1 aliphatic heterocycles. The molecule has 1 rings (SSSR count).